The number of allylic oxidation sites excluding steroid dienone is 2. The molecule has 2 saturated heterocycles. The van der Waals surface area contributed by atoms with Gasteiger partial charge in [-0.3, -0.25) is 4.79 Å². The van der Waals surface area contributed by atoms with Gasteiger partial charge in [-0.1, -0.05) is 55.3 Å². The highest BCUT2D eigenvalue weighted by Crippen LogP contribution is 2.44. The molecule has 4 nitrogen and oxygen atoms in total. The van der Waals surface area contributed by atoms with Crippen LogP contribution >= 0.6 is 0 Å². The van der Waals surface area contributed by atoms with Crippen molar-refractivity contribution in [3.8, 4) is 0 Å². The Balaban J connectivity index is 1.41. The number of carbonyl (C=O) groups excluding carboxylic acids is 1. The van der Waals surface area contributed by atoms with E-state index in [1.54, 1.807) is 0 Å². The summed E-state index contributed by atoms with van der Waals surface area (Å²) >= 11 is 0. The zero-order valence-electron chi connectivity index (χ0n) is 17.7. The second kappa shape index (κ2) is 8.79. The van der Waals surface area contributed by atoms with Crippen molar-refractivity contribution < 1.29 is 19.3 Å². The number of rotatable bonds is 8. The predicted octanol–water partition coefficient (Wildman–Crippen LogP) is 5.56. The molecule has 0 aliphatic carbocycles. The monoisotopic (exact) mass is 386 g/mol. The van der Waals surface area contributed by atoms with E-state index in [0.29, 0.717) is 12.3 Å². The minimum atomic E-state index is -0.555. The van der Waals surface area contributed by atoms with Gasteiger partial charge in [-0.25, -0.2) is 9.78 Å². The highest BCUT2D eigenvalue weighted by atomic mass is 17.2. The van der Waals surface area contributed by atoms with Crippen molar-refractivity contribution in [2.45, 2.75) is 89.9 Å². The summed E-state index contributed by atoms with van der Waals surface area (Å²) in [5, 5.41) is 0. The second-order valence-electron chi connectivity index (χ2n) is 9.23. The molecule has 1 aromatic rings. The molecule has 0 aromatic heterocycles. The molecule has 0 unspecified atom stereocenters. The fourth-order valence-corrected chi connectivity index (χ4v) is 4.65. The third-order valence-corrected chi connectivity index (χ3v) is 6.05. The lowest BCUT2D eigenvalue weighted by molar-refractivity contribution is -0.429. The largest absolute Gasteiger partial charge is 0.456 e. The number of ether oxygens (including phenoxy) is 1. The molecular formula is C24H34O4. The van der Waals surface area contributed by atoms with Crippen LogP contribution in [0.5, 0.6) is 0 Å². The Morgan fingerprint density at radius 3 is 2.79 bits per heavy atom. The Bertz CT molecular complexity index is 698. The van der Waals surface area contributed by atoms with Gasteiger partial charge in [0.2, 0.25) is 0 Å². The summed E-state index contributed by atoms with van der Waals surface area (Å²) in [6.07, 6.45) is 8.40. The van der Waals surface area contributed by atoms with E-state index in [4.69, 9.17) is 14.5 Å². The molecule has 2 aliphatic rings. The van der Waals surface area contributed by atoms with Gasteiger partial charge in [-0.2, -0.15) is 0 Å². The van der Waals surface area contributed by atoms with Gasteiger partial charge in [-0.05, 0) is 57.9 Å². The smallest absolute Gasteiger partial charge is 0.309 e. The van der Waals surface area contributed by atoms with E-state index in [0.717, 1.165) is 25.7 Å². The Kier molecular flexibility index (Phi) is 6.61. The number of carbonyl (C=O) groups is 1. The number of esters is 1. The first-order valence-electron chi connectivity index (χ1n) is 10.5. The van der Waals surface area contributed by atoms with Gasteiger partial charge < -0.3 is 4.74 Å². The molecule has 2 fully saturated rings. The van der Waals surface area contributed by atoms with Gasteiger partial charge in [0.25, 0.3) is 0 Å². The Hall–Kier alpha value is -1.65. The normalized spacial score (nSPS) is 31.4. The van der Waals surface area contributed by atoms with Crippen LogP contribution in [-0.4, -0.2) is 23.3 Å². The number of hydrogen-bond acceptors (Lipinski definition) is 4. The predicted molar refractivity (Wildman–Crippen MR) is 110 cm³/mol. The van der Waals surface area contributed by atoms with E-state index in [9.17, 15) is 4.79 Å². The Labute approximate surface area is 169 Å². The molecule has 0 radical (unpaired) electrons. The van der Waals surface area contributed by atoms with E-state index < -0.39 is 11.2 Å². The molecule has 28 heavy (non-hydrogen) atoms. The van der Waals surface area contributed by atoms with Crippen LogP contribution in [0.4, 0.5) is 0 Å². The zero-order valence-corrected chi connectivity index (χ0v) is 17.7. The standard InChI is InChI=1S/C24H34O4/c1-18(13-14-20-11-6-5-7-12-20)9-8-10-19(2)16-23(3)17-24(4)21(27-28-23)15-22(25)26-24/h5-7,11-13,19,21H,8-10,14-17H2,1-4H3/b18-13+/t19-,21+,23+,24+/m0/s1. The molecule has 3 rings (SSSR count). The molecule has 0 N–H and O–H groups in total. The summed E-state index contributed by atoms with van der Waals surface area (Å²) in [7, 11) is 0. The Morgan fingerprint density at radius 1 is 1.29 bits per heavy atom. The summed E-state index contributed by atoms with van der Waals surface area (Å²) < 4.78 is 5.55. The summed E-state index contributed by atoms with van der Waals surface area (Å²) in [5.41, 5.74) is 1.85. The third kappa shape index (κ3) is 5.45. The van der Waals surface area contributed by atoms with Crippen LogP contribution in [-0.2, 0) is 25.7 Å². The molecule has 1 aromatic carbocycles. The fraction of sp³-hybridized carbons (Fsp3) is 0.625. The van der Waals surface area contributed by atoms with Crippen molar-refractivity contribution in [2.24, 2.45) is 5.92 Å². The van der Waals surface area contributed by atoms with Crippen LogP contribution in [0.1, 0.15) is 71.8 Å². The van der Waals surface area contributed by atoms with E-state index in [1.807, 2.05) is 6.92 Å². The molecule has 0 amide bonds. The topological polar surface area (TPSA) is 44.8 Å². The first-order chi connectivity index (χ1) is 13.3. The minimum Gasteiger partial charge on any atom is -0.456 e. The van der Waals surface area contributed by atoms with Crippen LogP contribution in [0.15, 0.2) is 42.0 Å². The SMILES string of the molecule is C/C(=C\Cc1ccccc1)CCC[C@H](C)C[C@]1(C)C[C@@]2(C)OC(=O)C[C@H]2OO1. The van der Waals surface area contributed by atoms with Crippen LogP contribution in [0, 0.1) is 5.92 Å². The number of hydrogen-bond donors (Lipinski definition) is 0. The maximum absolute atomic E-state index is 11.6. The summed E-state index contributed by atoms with van der Waals surface area (Å²) in [6.45, 7) is 8.53. The van der Waals surface area contributed by atoms with Crippen molar-refractivity contribution >= 4 is 5.97 Å². The molecule has 0 bridgehead atoms. The maximum Gasteiger partial charge on any atom is 0.309 e. The number of fused-ring (bicyclic) bond motifs is 1. The van der Waals surface area contributed by atoms with Crippen molar-refractivity contribution in [3.63, 3.8) is 0 Å². The lowest BCUT2D eigenvalue weighted by Gasteiger charge is -2.44. The van der Waals surface area contributed by atoms with E-state index >= 15 is 0 Å². The quantitative estimate of drug-likeness (QED) is 0.333. The number of benzene rings is 1. The van der Waals surface area contributed by atoms with Crippen LogP contribution in [0.2, 0.25) is 0 Å². The van der Waals surface area contributed by atoms with Gasteiger partial charge >= 0.3 is 5.97 Å². The second-order valence-corrected chi connectivity index (χ2v) is 9.23. The third-order valence-electron chi connectivity index (χ3n) is 6.05. The summed E-state index contributed by atoms with van der Waals surface area (Å²) in [5.74, 6) is 0.332. The van der Waals surface area contributed by atoms with Crippen LogP contribution in [0.3, 0.4) is 0 Å². The lowest BCUT2D eigenvalue weighted by atomic mass is 9.79. The molecule has 4 atom stereocenters. The van der Waals surface area contributed by atoms with Crippen molar-refractivity contribution in [2.75, 3.05) is 0 Å². The van der Waals surface area contributed by atoms with Crippen LogP contribution < -0.4 is 0 Å². The van der Waals surface area contributed by atoms with Crippen molar-refractivity contribution in [3.05, 3.63) is 47.5 Å². The van der Waals surface area contributed by atoms with E-state index in [-0.39, 0.29) is 18.5 Å². The van der Waals surface area contributed by atoms with E-state index in [2.05, 4.69) is 57.2 Å². The summed E-state index contributed by atoms with van der Waals surface area (Å²) in [4.78, 5) is 22.9. The van der Waals surface area contributed by atoms with Gasteiger partial charge in [0.15, 0.2) is 0 Å². The zero-order chi connectivity index (χ0) is 20.2. The maximum atomic E-state index is 11.6. The molecule has 154 valence electrons. The Morgan fingerprint density at radius 2 is 2.04 bits per heavy atom. The van der Waals surface area contributed by atoms with Crippen LogP contribution in [0.25, 0.3) is 0 Å². The molecular weight excluding hydrogens is 352 g/mol. The fourth-order valence-electron chi connectivity index (χ4n) is 4.65. The molecule has 2 aliphatic heterocycles. The summed E-state index contributed by atoms with van der Waals surface area (Å²) in [6, 6.07) is 10.6. The first kappa shape index (κ1) is 21.1. The molecule has 2 heterocycles. The average Bonchev–Trinajstić information content (AvgIpc) is 2.93. The van der Waals surface area contributed by atoms with Crippen molar-refractivity contribution in [1.29, 1.82) is 0 Å². The van der Waals surface area contributed by atoms with Gasteiger partial charge in [0.05, 0.1) is 6.42 Å². The van der Waals surface area contributed by atoms with Gasteiger partial charge in [0.1, 0.15) is 17.3 Å². The highest BCUT2D eigenvalue weighted by molar-refractivity contribution is 5.73. The first-order valence-corrected chi connectivity index (χ1v) is 10.5. The van der Waals surface area contributed by atoms with Gasteiger partial charge in [-0.15, -0.1) is 0 Å². The van der Waals surface area contributed by atoms with Gasteiger partial charge in [0, 0.05) is 6.42 Å². The molecule has 0 saturated carbocycles. The average molecular weight is 387 g/mol. The molecule has 0 spiro atoms. The minimum absolute atomic E-state index is 0.189. The molecule has 4 heteroatoms. The lowest BCUT2D eigenvalue weighted by Crippen LogP contribution is -2.52. The van der Waals surface area contributed by atoms with E-state index in [1.165, 1.54) is 17.6 Å². The van der Waals surface area contributed by atoms with Crippen molar-refractivity contribution in [1.82, 2.24) is 0 Å². The highest BCUT2D eigenvalue weighted by Gasteiger charge is 2.55.